The minimum absolute atomic E-state index is 0.162. The number of ether oxygens (including phenoxy) is 4. The van der Waals surface area contributed by atoms with Crippen LogP contribution in [0.25, 0.3) is 0 Å². The molecule has 0 radical (unpaired) electrons. The molecule has 0 saturated carbocycles. The molecular weight excluding hydrogens is 728 g/mol. The van der Waals surface area contributed by atoms with E-state index in [1.165, 1.54) is 44.9 Å². The summed E-state index contributed by atoms with van der Waals surface area (Å²) in [6, 6.07) is 0. The van der Waals surface area contributed by atoms with Crippen LogP contribution in [0.4, 0.5) is 0 Å². The number of aliphatic hydroxyl groups excluding tert-OH is 3. The highest BCUT2D eigenvalue weighted by Crippen LogP contribution is 2.23. The fourth-order valence-electron chi connectivity index (χ4n) is 6.35. The molecule has 328 valence electrons. The van der Waals surface area contributed by atoms with E-state index < -0.39 is 61.3 Å². The largest absolute Gasteiger partial charge is 0.479 e. The van der Waals surface area contributed by atoms with Gasteiger partial charge in [0.25, 0.3) is 0 Å². The van der Waals surface area contributed by atoms with Crippen molar-refractivity contribution in [2.45, 2.75) is 211 Å². The van der Waals surface area contributed by atoms with Gasteiger partial charge in [-0.15, -0.1) is 0 Å². The first kappa shape index (κ1) is 52.2. The number of aliphatic hydroxyl groups is 3. The van der Waals surface area contributed by atoms with E-state index in [9.17, 15) is 34.8 Å². The fraction of sp³-hybridized carbons (Fsp3) is 0.761. The van der Waals surface area contributed by atoms with Crippen molar-refractivity contribution >= 4 is 17.9 Å². The molecular formula is C46H78O11. The van der Waals surface area contributed by atoms with Gasteiger partial charge in [0.2, 0.25) is 0 Å². The second kappa shape index (κ2) is 36.3. The van der Waals surface area contributed by atoms with Crippen LogP contribution in [-0.2, 0) is 33.3 Å². The van der Waals surface area contributed by atoms with Gasteiger partial charge in [0.15, 0.2) is 18.5 Å². The highest BCUT2D eigenvalue weighted by atomic mass is 16.7. The van der Waals surface area contributed by atoms with Crippen molar-refractivity contribution in [3.05, 3.63) is 48.6 Å². The molecule has 0 spiro atoms. The summed E-state index contributed by atoms with van der Waals surface area (Å²) in [5, 5.41) is 39.8. The fourth-order valence-corrected chi connectivity index (χ4v) is 6.35. The monoisotopic (exact) mass is 807 g/mol. The SMILES string of the molecule is CCCCC/C=C\C/C=C\CCCCCCCC(=O)OC(COC(=O)CCCCCCC/C=C\C/C=C\CCCCCC)COC1OC(C(=O)O)C(O)C(O)C1O. The van der Waals surface area contributed by atoms with Crippen LogP contribution in [0.3, 0.4) is 0 Å². The molecule has 11 heteroatoms. The van der Waals surface area contributed by atoms with Crippen LogP contribution in [0.1, 0.15) is 174 Å². The van der Waals surface area contributed by atoms with Crippen LogP contribution in [0.5, 0.6) is 0 Å². The number of aliphatic carboxylic acids is 1. The first-order valence-corrected chi connectivity index (χ1v) is 22.2. The Morgan fingerprint density at radius 3 is 1.49 bits per heavy atom. The third kappa shape index (κ3) is 28.3. The second-order valence-corrected chi connectivity index (χ2v) is 15.2. The molecule has 0 aromatic heterocycles. The summed E-state index contributed by atoms with van der Waals surface area (Å²) in [5.74, 6) is -2.48. The van der Waals surface area contributed by atoms with Gasteiger partial charge in [-0.1, -0.05) is 133 Å². The van der Waals surface area contributed by atoms with Crippen molar-refractivity contribution < 1.29 is 53.8 Å². The van der Waals surface area contributed by atoms with Crippen molar-refractivity contribution in [1.82, 2.24) is 0 Å². The first-order chi connectivity index (χ1) is 27.7. The third-order valence-electron chi connectivity index (χ3n) is 9.90. The van der Waals surface area contributed by atoms with E-state index in [1.807, 2.05) is 0 Å². The molecule has 6 unspecified atom stereocenters. The van der Waals surface area contributed by atoms with Gasteiger partial charge in [-0.05, 0) is 77.0 Å². The molecule has 0 bridgehead atoms. The summed E-state index contributed by atoms with van der Waals surface area (Å²) in [6.07, 6.45) is 33.0. The Hall–Kier alpha value is -2.83. The Labute approximate surface area is 344 Å². The Morgan fingerprint density at radius 1 is 0.544 bits per heavy atom. The Kier molecular flexibility index (Phi) is 33.2. The quantitative estimate of drug-likeness (QED) is 0.0270. The van der Waals surface area contributed by atoms with E-state index in [-0.39, 0.29) is 19.4 Å². The maximum atomic E-state index is 12.8. The number of allylic oxidation sites excluding steroid dienone is 8. The van der Waals surface area contributed by atoms with Gasteiger partial charge in [0.1, 0.15) is 24.9 Å². The van der Waals surface area contributed by atoms with Crippen LogP contribution >= 0.6 is 0 Å². The van der Waals surface area contributed by atoms with E-state index in [1.54, 1.807) is 0 Å². The van der Waals surface area contributed by atoms with Gasteiger partial charge in [-0.3, -0.25) is 9.59 Å². The summed E-state index contributed by atoms with van der Waals surface area (Å²) in [6.45, 7) is 3.74. The van der Waals surface area contributed by atoms with Crippen molar-refractivity contribution in [3.8, 4) is 0 Å². The molecule has 11 nitrogen and oxygen atoms in total. The summed E-state index contributed by atoms with van der Waals surface area (Å²) in [7, 11) is 0. The van der Waals surface area contributed by atoms with Crippen LogP contribution in [0.15, 0.2) is 48.6 Å². The number of carbonyl (C=O) groups excluding carboxylic acids is 2. The molecule has 0 aliphatic carbocycles. The third-order valence-corrected chi connectivity index (χ3v) is 9.90. The van der Waals surface area contributed by atoms with Gasteiger partial charge in [0.05, 0.1) is 6.61 Å². The number of esters is 2. The summed E-state index contributed by atoms with van der Waals surface area (Å²) >= 11 is 0. The van der Waals surface area contributed by atoms with E-state index in [0.717, 1.165) is 89.9 Å². The van der Waals surface area contributed by atoms with E-state index >= 15 is 0 Å². The molecule has 57 heavy (non-hydrogen) atoms. The molecule has 1 fully saturated rings. The number of unbranched alkanes of at least 4 members (excludes halogenated alkanes) is 17. The molecule has 1 aliphatic rings. The minimum Gasteiger partial charge on any atom is -0.479 e. The topological polar surface area (TPSA) is 169 Å². The lowest BCUT2D eigenvalue weighted by molar-refractivity contribution is -0.298. The lowest BCUT2D eigenvalue weighted by atomic mass is 9.99. The van der Waals surface area contributed by atoms with Crippen LogP contribution < -0.4 is 0 Å². The molecule has 4 N–H and O–H groups in total. The molecule has 6 atom stereocenters. The van der Waals surface area contributed by atoms with Gasteiger partial charge >= 0.3 is 17.9 Å². The lowest BCUT2D eigenvalue weighted by Gasteiger charge is -2.38. The van der Waals surface area contributed by atoms with Crippen molar-refractivity contribution in [3.63, 3.8) is 0 Å². The maximum absolute atomic E-state index is 12.8. The predicted octanol–water partition coefficient (Wildman–Crippen LogP) is 9.37. The van der Waals surface area contributed by atoms with Crippen molar-refractivity contribution in [2.75, 3.05) is 13.2 Å². The zero-order valence-corrected chi connectivity index (χ0v) is 35.3. The van der Waals surface area contributed by atoms with E-state index in [0.29, 0.717) is 12.8 Å². The number of carboxylic acids is 1. The highest BCUT2D eigenvalue weighted by Gasteiger charge is 2.47. The molecule has 1 rings (SSSR count). The Morgan fingerprint density at radius 2 is 0.982 bits per heavy atom. The summed E-state index contributed by atoms with van der Waals surface area (Å²) in [4.78, 5) is 36.8. The summed E-state index contributed by atoms with van der Waals surface area (Å²) < 4.78 is 21.7. The minimum atomic E-state index is -1.87. The first-order valence-electron chi connectivity index (χ1n) is 22.2. The molecule has 0 amide bonds. The van der Waals surface area contributed by atoms with Crippen LogP contribution in [0.2, 0.25) is 0 Å². The zero-order chi connectivity index (χ0) is 41.8. The van der Waals surface area contributed by atoms with Crippen LogP contribution in [-0.4, -0.2) is 88.4 Å². The molecule has 0 aromatic rings. The number of rotatable bonds is 36. The highest BCUT2D eigenvalue weighted by molar-refractivity contribution is 5.73. The Bertz CT molecular complexity index is 1130. The number of hydrogen-bond acceptors (Lipinski definition) is 10. The van der Waals surface area contributed by atoms with E-state index in [4.69, 9.17) is 18.9 Å². The van der Waals surface area contributed by atoms with Gasteiger partial charge in [-0.25, -0.2) is 4.79 Å². The van der Waals surface area contributed by atoms with Crippen molar-refractivity contribution in [1.29, 1.82) is 0 Å². The van der Waals surface area contributed by atoms with Gasteiger partial charge < -0.3 is 39.4 Å². The maximum Gasteiger partial charge on any atom is 0.335 e. The standard InChI is InChI=1S/C46H78O11/c1-3-5-7-9-11-13-15-17-19-21-22-24-26-28-30-32-34-39(47)54-36-38(37-55-46-43(51)41(49)42(50)44(57-46)45(52)53)56-40(48)35-33-31-29-27-25-23-20-18-16-14-12-10-8-6-4-2/h12-15,18-21,38,41-44,46,49-51H,3-11,16-17,22-37H2,1-2H3,(H,52,53)/b14-12-,15-13-,20-18-,21-19-. The number of hydrogen-bond donors (Lipinski definition) is 4. The normalized spacial score (nSPS) is 20.6. The average molecular weight is 807 g/mol. The van der Waals surface area contributed by atoms with Gasteiger partial charge in [-0.2, -0.15) is 0 Å². The van der Waals surface area contributed by atoms with E-state index in [2.05, 4.69) is 62.5 Å². The lowest BCUT2D eigenvalue weighted by Crippen LogP contribution is -2.60. The number of carboxylic acid groups (broad SMARTS) is 1. The predicted molar refractivity (Wildman–Crippen MR) is 224 cm³/mol. The molecule has 1 aliphatic heterocycles. The second-order valence-electron chi connectivity index (χ2n) is 15.2. The Balaban J connectivity index is 2.41. The smallest absolute Gasteiger partial charge is 0.335 e. The summed E-state index contributed by atoms with van der Waals surface area (Å²) in [5.41, 5.74) is 0. The molecule has 1 heterocycles. The van der Waals surface area contributed by atoms with Gasteiger partial charge in [0, 0.05) is 12.8 Å². The molecule has 0 aromatic carbocycles. The average Bonchev–Trinajstić information content (AvgIpc) is 3.19. The van der Waals surface area contributed by atoms with Crippen molar-refractivity contribution in [2.24, 2.45) is 0 Å². The van der Waals surface area contributed by atoms with Crippen LogP contribution in [0, 0.1) is 0 Å². The molecule has 1 saturated heterocycles. The number of carbonyl (C=O) groups is 3. The zero-order valence-electron chi connectivity index (χ0n) is 35.3.